The Morgan fingerprint density at radius 3 is 2.41 bits per heavy atom. The summed E-state index contributed by atoms with van der Waals surface area (Å²) in [5, 5.41) is 4.26. The van der Waals surface area contributed by atoms with E-state index in [1.165, 1.54) is 49.4 Å². The molecule has 0 saturated heterocycles. The number of fused-ring (bicyclic) bond motifs is 1. The monoisotopic (exact) mass is 399 g/mol. The molecular formula is C21H16F3N3O2. The first-order valence-electron chi connectivity index (χ1n) is 8.67. The minimum Gasteiger partial charge on any atom is -0.493 e. The van der Waals surface area contributed by atoms with Crippen LogP contribution in [0.4, 0.5) is 13.2 Å². The number of hydrogen-bond acceptors (Lipinski definition) is 4. The summed E-state index contributed by atoms with van der Waals surface area (Å²) >= 11 is 0. The molecule has 0 aliphatic rings. The maximum Gasteiger partial charge on any atom is 0.264 e. The maximum absolute atomic E-state index is 14.3. The number of nitrogens with zero attached hydrogens (tertiary/aromatic N) is 3. The van der Waals surface area contributed by atoms with E-state index >= 15 is 0 Å². The average Bonchev–Trinajstić information content (AvgIpc) is 3.16. The molecule has 0 radical (unpaired) electrons. The van der Waals surface area contributed by atoms with Gasteiger partial charge in [0.1, 0.15) is 11.5 Å². The van der Waals surface area contributed by atoms with Crippen molar-refractivity contribution in [1.82, 2.24) is 14.8 Å². The van der Waals surface area contributed by atoms with Crippen molar-refractivity contribution >= 4 is 11.0 Å². The molecule has 4 rings (SSSR count). The van der Waals surface area contributed by atoms with Gasteiger partial charge in [0.05, 0.1) is 26.1 Å². The van der Waals surface area contributed by atoms with Crippen molar-refractivity contribution in [3.8, 4) is 28.4 Å². The predicted octanol–water partition coefficient (Wildman–Crippen LogP) is 5.18. The van der Waals surface area contributed by atoms with E-state index in [4.69, 9.17) is 9.47 Å². The number of methoxy groups -OCH3 is 2. The Bertz CT molecular complexity index is 1190. The molecule has 2 aromatic heterocycles. The largest absolute Gasteiger partial charge is 0.493 e. The van der Waals surface area contributed by atoms with Gasteiger partial charge in [0.2, 0.25) is 0 Å². The topological polar surface area (TPSA) is 49.2 Å². The molecule has 2 aromatic carbocycles. The van der Waals surface area contributed by atoms with Gasteiger partial charge in [-0.1, -0.05) is 12.1 Å². The summed E-state index contributed by atoms with van der Waals surface area (Å²) in [6.45, 7) is 0. The lowest BCUT2D eigenvalue weighted by Crippen LogP contribution is -2.02. The van der Waals surface area contributed by atoms with Gasteiger partial charge in [0.15, 0.2) is 17.1 Å². The fourth-order valence-corrected chi connectivity index (χ4v) is 3.15. The zero-order valence-corrected chi connectivity index (χ0v) is 15.6. The third-order valence-electron chi connectivity index (χ3n) is 4.57. The lowest BCUT2D eigenvalue weighted by Gasteiger charge is -2.11. The molecule has 5 nitrogen and oxygen atoms in total. The Morgan fingerprint density at radius 1 is 0.966 bits per heavy atom. The van der Waals surface area contributed by atoms with E-state index in [0.29, 0.717) is 17.1 Å². The molecule has 2 heterocycles. The number of ether oxygens (including phenoxy) is 2. The van der Waals surface area contributed by atoms with Gasteiger partial charge in [-0.3, -0.25) is 0 Å². The van der Waals surface area contributed by atoms with Crippen LogP contribution in [0.1, 0.15) is 12.0 Å². The highest BCUT2D eigenvalue weighted by Gasteiger charge is 2.20. The lowest BCUT2D eigenvalue weighted by molar-refractivity contribution is 0.153. The standard InChI is InChI=1S/C21H16F3N3O2/c1-28-18-8-7-12(9-19(18)29-2)16-10-13(20(23)24)14-11-25-27(21(14)26-16)17-6-4-3-5-15(17)22/h3-11,20H,1-2H3. The van der Waals surface area contributed by atoms with Gasteiger partial charge < -0.3 is 9.47 Å². The second kappa shape index (κ2) is 7.46. The number of aromatic nitrogens is 3. The molecule has 0 unspecified atom stereocenters. The van der Waals surface area contributed by atoms with E-state index in [9.17, 15) is 13.2 Å². The van der Waals surface area contributed by atoms with Crippen molar-refractivity contribution in [2.24, 2.45) is 0 Å². The van der Waals surface area contributed by atoms with Crippen molar-refractivity contribution in [3.05, 3.63) is 66.1 Å². The smallest absolute Gasteiger partial charge is 0.264 e. The lowest BCUT2D eigenvalue weighted by atomic mass is 10.1. The first-order chi connectivity index (χ1) is 14.0. The molecule has 148 valence electrons. The summed E-state index contributed by atoms with van der Waals surface area (Å²) in [5.41, 5.74) is 0.860. The average molecular weight is 399 g/mol. The highest BCUT2D eigenvalue weighted by atomic mass is 19.3. The summed E-state index contributed by atoms with van der Waals surface area (Å²) < 4.78 is 53.5. The van der Waals surface area contributed by atoms with E-state index in [1.807, 2.05) is 0 Å². The molecule has 0 N–H and O–H groups in total. The molecule has 0 saturated carbocycles. The van der Waals surface area contributed by atoms with Crippen LogP contribution in [0, 0.1) is 5.82 Å². The Labute approximate surface area is 164 Å². The number of rotatable bonds is 5. The number of halogens is 3. The zero-order valence-electron chi connectivity index (χ0n) is 15.6. The van der Waals surface area contributed by atoms with E-state index in [0.717, 1.165) is 0 Å². The van der Waals surface area contributed by atoms with Crippen LogP contribution in [-0.4, -0.2) is 29.0 Å². The van der Waals surface area contributed by atoms with Gasteiger partial charge in [-0.25, -0.2) is 22.8 Å². The minimum absolute atomic E-state index is 0.125. The Balaban J connectivity index is 1.97. The molecule has 0 amide bonds. The molecule has 0 fully saturated rings. The van der Waals surface area contributed by atoms with Crippen molar-refractivity contribution < 1.29 is 22.6 Å². The molecule has 8 heteroatoms. The summed E-state index contributed by atoms with van der Waals surface area (Å²) in [6.07, 6.45) is -1.48. The van der Waals surface area contributed by atoms with Gasteiger partial charge in [-0.15, -0.1) is 0 Å². The van der Waals surface area contributed by atoms with Crippen LogP contribution in [-0.2, 0) is 0 Å². The Kier molecular flexibility index (Phi) is 4.84. The second-order valence-corrected chi connectivity index (χ2v) is 6.21. The minimum atomic E-state index is -2.75. The van der Waals surface area contributed by atoms with Gasteiger partial charge in [0.25, 0.3) is 6.43 Å². The summed E-state index contributed by atoms with van der Waals surface area (Å²) in [7, 11) is 2.99. The van der Waals surface area contributed by atoms with Crippen LogP contribution in [0.15, 0.2) is 54.7 Å². The Morgan fingerprint density at radius 2 is 1.72 bits per heavy atom. The van der Waals surface area contributed by atoms with Crippen LogP contribution in [0.3, 0.4) is 0 Å². The normalized spacial score (nSPS) is 11.2. The quantitative estimate of drug-likeness (QED) is 0.464. The number of para-hydroxylation sites is 1. The van der Waals surface area contributed by atoms with Crippen molar-refractivity contribution in [1.29, 1.82) is 0 Å². The molecule has 0 aliphatic heterocycles. The van der Waals surface area contributed by atoms with E-state index < -0.39 is 12.2 Å². The number of hydrogen-bond donors (Lipinski definition) is 0. The fourth-order valence-electron chi connectivity index (χ4n) is 3.15. The highest BCUT2D eigenvalue weighted by molar-refractivity contribution is 5.84. The third-order valence-corrected chi connectivity index (χ3v) is 4.57. The van der Waals surface area contributed by atoms with Gasteiger partial charge in [0, 0.05) is 16.5 Å². The molecule has 0 atom stereocenters. The molecular weight excluding hydrogens is 383 g/mol. The van der Waals surface area contributed by atoms with E-state index in [2.05, 4.69) is 10.1 Å². The van der Waals surface area contributed by atoms with Gasteiger partial charge in [-0.05, 0) is 36.4 Å². The third kappa shape index (κ3) is 3.26. The predicted molar refractivity (Wildman–Crippen MR) is 102 cm³/mol. The van der Waals surface area contributed by atoms with Crippen LogP contribution in [0.5, 0.6) is 11.5 Å². The number of benzene rings is 2. The van der Waals surface area contributed by atoms with Crippen molar-refractivity contribution in [2.45, 2.75) is 6.43 Å². The summed E-state index contributed by atoms with van der Waals surface area (Å²) in [4.78, 5) is 4.50. The molecule has 0 aliphatic carbocycles. The van der Waals surface area contributed by atoms with Crippen LogP contribution < -0.4 is 9.47 Å². The molecule has 29 heavy (non-hydrogen) atoms. The molecule has 4 aromatic rings. The molecule has 0 bridgehead atoms. The fraction of sp³-hybridized carbons (Fsp3) is 0.143. The second-order valence-electron chi connectivity index (χ2n) is 6.21. The van der Waals surface area contributed by atoms with Crippen LogP contribution in [0.25, 0.3) is 28.0 Å². The first kappa shape index (κ1) is 18.8. The zero-order chi connectivity index (χ0) is 20.5. The van der Waals surface area contributed by atoms with Crippen LogP contribution in [0.2, 0.25) is 0 Å². The van der Waals surface area contributed by atoms with Crippen molar-refractivity contribution in [2.75, 3.05) is 14.2 Å². The summed E-state index contributed by atoms with van der Waals surface area (Å²) in [6, 6.07) is 12.3. The van der Waals surface area contributed by atoms with Gasteiger partial charge >= 0.3 is 0 Å². The number of pyridine rings is 1. The maximum atomic E-state index is 14.3. The van der Waals surface area contributed by atoms with Crippen LogP contribution >= 0.6 is 0 Å². The summed E-state index contributed by atoms with van der Waals surface area (Å²) in [5.74, 6) is 0.408. The Hall–Kier alpha value is -3.55. The SMILES string of the molecule is COc1ccc(-c2cc(C(F)F)c3cnn(-c4ccccc4F)c3n2)cc1OC. The van der Waals surface area contributed by atoms with Crippen molar-refractivity contribution in [3.63, 3.8) is 0 Å². The first-order valence-corrected chi connectivity index (χ1v) is 8.67. The molecule has 0 spiro atoms. The van der Waals surface area contributed by atoms with Gasteiger partial charge in [-0.2, -0.15) is 5.10 Å². The van der Waals surface area contributed by atoms with E-state index in [-0.39, 0.29) is 28.0 Å². The highest BCUT2D eigenvalue weighted by Crippen LogP contribution is 2.35. The number of alkyl halides is 2. The van der Waals surface area contributed by atoms with E-state index in [1.54, 1.807) is 24.3 Å².